The van der Waals surface area contributed by atoms with E-state index in [4.69, 9.17) is 4.98 Å². The molecule has 0 aliphatic heterocycles. The first kappa shape index (κ1) is 14.3. The highest BCUT2D eigenvalue weighted by molar-refractivity contribution is 5.84. The zero-order valence-corrected chi connectivity index (χ0v) is 12.9. The molecule has 1 aromatic carbocycles. The molecule has 0 spiro atoms. The monoisotopic (exact) mass is 284 g/mol. The van der Waals surface area contributed by atoms with Gasteiger partial charge in [-0.15, -0.1) is 0 Å². The molecule has 1 aliphatic rings. The molecule has 1 aliphatic carbocycles. The summed E-state index contributed by atoms with van der Waals surface area (Å²) in [6, 6.07) is 10.7. The highest BCUT2D eigenvalue weighted by Crippen LogP contribution is 2.31. The highest BCUT2D eigenvalue weighted by atomic mass is 16.3. The van der Waals surface area contributed by atoms with Crippen molar-refractivity contribution >= 4 is 16.7 Å². The second-order valence-electron chi connectivity index (χ2n) is 6.25. The third-order valence-electron chi connectivity index (χ3n) is 4.88. The topological polar surface area (TPSA) is 36.4 Å². The Labute approximate surface area is 126 Å². The minimum atomic E-state index is 0.0596. The van der Waals surface area contributed by atoms with Crippen LogP contribution < -0.4 is 4.90 Å². The third-order valence-corrected chi connectivity index (χ3v) is 4.88. The molecule has 0 amide bonds. The molecule has 2 unspecified atom stereocenters. The molecule has 112 valence electrons. The minimum absolute atomic E-state index is 0.0596. The number of para-hydroxylation sites is 1. The van der Waals surface area contributed by atoms with Crippen molar-refractivity contribution in [3.05, 3.63) is 35.9 Å². The van der Waals surface area contributed by atoms with Gasteiger partial charge in [0.1, 0.15) is 5.82 Å². The van der Waals surface area contributed by atoms with Gasteiger partial charge >= 0.3 is 0 Å². The number of hydrogen-bond donors (Lipinski definition) is 1. The number of aliphatic hydroxyl groups is 1. The molecule has 1 fully saturated rings. The van der Waals surface area contributed by atoms with Crippen molar-refractivity contribution in [2.45, 2.75) is 45.3 Å². The van der Waals surface area contributed by atoms with E-state index >= 15 is 0 Å². The zero-order chi connectivity index (χ0) is 14.8. The smallest absolute Gasteiger partial charge is 0.129 e. The third kappa shape index (κ3) is 2.75. The van der Waals surface area contributed by atoms with E-state index in [1.807, 2.05) is 30.3 Å². The Bertz CT molecular complexity index is 626. The molecule has 1 aromatic heterocycles. The molecular formula is C18H24N2O. The molecule has 3 heteroatoms. The number of anilines is 1. The molecule has 1 saturated carbocycles. The molecule has 2 atom stereocenters. The van der Waals surface area contributed by atoms with E-state index < -0.39 is 0 Å². The van der Waals surface area contributed by atoms with Crippen LogP contribution >= 0.6 is 0 Å². The van der Waals surface area contributed by atoms with Gasteiger partial charge in [0.05, 0.1) is 12.1 Å². The van der Waals surface area contributed by atoms with Crippen molar-refractivity contribution in [1.82, 2.24) is 4.98 Å². The minimum Gasteiger partial charge on any atom is -0.392 e. The summed E-state index contributed by atoms with van der Waals surface area (Å²) in [5.74, 6) is 1.69. The molecule has 0 bridgehead atoms. The number of fused-ring (bicyclic) bond motifs is 1. The molecule has 2 aromatic rings. The van der Waals surface area contributed by atoms with Crippen LogP contribution in [-0.4, -0.2) is 23.2 Å². The van der Waals surface area contributed by atoms with Gasteiger partial charge in [0.15, 0.2) is 0 Å². The first-order valence-electron chi connectivity index (χ1n) is 7.93. The van der Waals surface area contributed by atoms with Crippen LogP contribution in [0.25, 0.3) is 10.9 Å². The van der Waals surface area contributed by atoms with Crippen LogP contribution in [0.3, 0.4) is 0 Å². The second-order valence-corrected chi connectivity index (χ2v) is 6.25. The highest BCUT2D eigenvalue weighted by Gasteiger charge is 2.26. The van der Waals surface area contributed by atoms with Crippen molar-refractivity contribution in [3.63, 3.8) is 0 Å². The van der Waals surface area contributed by atoms with Crippen molar-refractivity contribution < 1.29 is 5.11 Å². The molecular weight excluding hydrogens is 260 g/mol. The van der Waals surface area contributed by atoms with E-state index in [0.29, 0.717) is 12.0 Å². The zero-order valence-electron chi connectivity index (χ0n) is 12.9. The Morgan fingerprint density at radius 2 is 2.00 bits per heavy atom. The first-order chi connectivity index (χ1) is 10.2. The maximum atomic E-state index is 9.66. The number of hydrogen-bond acceptors (Lipinski definition) is 3. The Kier molecular flexibility index (Phi) is 4.11. The number of pyridine rings is 1. The summed E-state index contributed by atoms with van der Waals surface area (Å²) in [6.45, 7) is 2.40. The fourth-order valence-corrected chi connectivity index (χ4v) is 3.59. The van der Waals surface area contributed by atoms with Gasteiger partial charge in [0.25, 0.3) is 0 Å². The molecule has 1 heterocycles. The molecule has 0 saturated heterocycles. The Morgan fingerprint density at radius 3 is 2.76 bits per heavy atom. The number of nitrogens with zero attached hydrogens (tertiary/aromatic N) is 2. The van der Waals surface area contributed by atoms with E-state index in [9.17, 15) is 5.11 Å². The maximum Gasteiger partial charge on any atom is 0.129 e. The van der Waals surface area contributed by atoms with Gasteiger partial charge in [-0.3, -0.25) is 0 Å². The summed E-state index contributed by atoms with van der Waals surface area (Å²) in [6.07, 6.45) is 5.19. The largest absolute Gasteiger partial charge is 0.392 e. The summed E-state index contributed by atoms with van der Waals surface area (Å²) >= 11 is 0. The van der Waals surface area contributed by atoms with Crippen molar-refractivity contribution in [2.24, 2.45) is 5.92 Å². The fraction of sp³-hybridized carbons (Fsp3) is 0.500. The van der Waals surface area contributed by atoms with Crippen LogP contribution in [-0.2, 0) is 6.61 Å². The SMILES string of the molecule is CC1CCCCC1N(C)c1cc(CO)c2ccccc2n1. The second kappa shape index (κ2) is 6.02. The van der Waals surface area contributed by atoms with Crippen LogP contribution in [0.1, 0.15) is 38.2 Å². The number of benzene rings is 1. The van der Waals surface area contributed by atoms with Crippen molar-refractivity contribution in [2.75, 3.05) is 11.9 Å². The summed E-state index contributed by atoms with van der Waals surface area (Å²) in [7, 11) is 2.14. The first-order valence-corrected chi connectivity index (χ1v) is 7.93. The number of rotatable bonds is 3. The normalized spacial score (nSPS) is 22.4. The fourth-order valence-electron chi connectivity index (χ4n) is 3.59. The van der Waals surface area contributed by atoms with Crippen LogP contribution in [0.15, 0.2) is 30.3 Å². The van der Waals surface area contributed by atoms with Gasteiger partial charge in [-0.05, 0) is 36.5 Å². The lowest BCUT2D eigenvalue weighted by molar-refractivity contribution is 0.283. The van der Waals surface area contributed by atoms with E-state index in [1.54, 1.807) is 0 Å². The van der Waals surface area contributed by atoms with Gasteiger partial charge in [-0.25, -0.2) is 4.98 Å². The lowest BCUT2D eigenvalue weighted by atomic mass is 9.85. The maximum absolute atomic E-state index is 9.66. The van der Waals surface area contributed by atoms with E-state index in [1.165, 1.54) is 25.7 Å². The quantitative estimate of drug-likeness (QED) is 0.932. The molecule has 1 N–H and O–H groups in total. The Hall–Kier alpha value is -1.61. The van der Waals surface area contributed by atoms with Crippen LogP contribution in [0, 0.1) is 5.92 Å². The average Bonchev–Trinajstić information content (AvgIpc) is 2.53. The molecule has 21 heavy (non-hydrogen) atoms. The lowest BCUT2D eigenvalue weighted by Crippen LogP contribution is -2.39. The van der Waals surface area contributed by atoms with Gasteiger partial charge in [-0.1, -0.05) is 38.0 Å². The Balaban J connectivity index is 1.99. The van der Waals surface area contributed by atoms with Crippen molar-refractivity contribution in [3.8, 4) is 0 Å². The summed E-state index contributed by atoms with van der Waals surface area (Å²) in [5.41, 5.74) is 1.93. The summed E-state index contributed by atoms with van der Waals surface area (Å²) in [5, 5.41) is 10.7. The van der Waals surface area contributed by atoms with Crippen LogP contribution in [0.4, 0.5) is 5.82 Å². The van der Waals surface area contributed by atoms with Gasteiger partial charge in [-0.2, -0.15) is 0 Å². The van der Waals surface area contributed by atoms with Gasteiger partial charge in [0, 0.05) is 18.5 Å². The number of aliphatic hydroxyl groups excluding tert-OH is 1. The van der Waals surface area contributed by atoms with Crippen molar-refractivity contribution in [1.29, 1.82) is 0 Å². The number of aromatic nitrogens is 1. The lowest BCUT2D eigenvalue weighted by Gasteiger charge is -2.37. The molecule has 3 nitrogen and oxygen atoms in total. The molecule has 0 radical (unpaired) electrons. The van der Waals surface area contributed by atoms with E-state index in [-0.39, 0.29) is 6.61 Å². The molecule has 3 rings (SSSR count). The predicted octanol–water partition coefficient (Wildman–Crippen LogP) is 3.74. The summed E-state index contributed by atoms with van der Waals surface area (Å²) < 4.78 is 0. The standard InChI is InChI=1S/C18H24N2O/c1-13-7-3-6-10-17(13)20(2)18-11-14(12-21)15-8-4-5-9-16(15)19-18/h4-5,8-9,11,13,17,21H,3,6-7,10,12H2,1-2H3. The Morgan fingerprint density at radius 1 is 1.24 bits per heavy atom. The van der Waals surface area contributed by atoms with Gasteiger partial charge in [0.2, 0.25) is 0 Å². The van der Waals surface area contributed by atoms with Gasteiger partial charge < -0.3 is 10.0 Å². The average molecular weight is 284 g/mol. The predicted molar refractivity (Wildman–Crippen MR) is 87.5 cm³/mol. The van der Waals surface area contributed by atoms with E-state index in [2.05, 4.69) is 18.9 Å². The van der Waals surface area contributed by atoms with Crippen LogP contribution in [0.5, 0.6) is 0 Å². The van der Waals surface area contributed by atoms with Crippen LogP contribution in [0.2, 0.25) is 0 Å². The van der Waals surface area contributed by atoms with E-state index in [0.717, 1.165) is 22.3 Å². The summed E-state index contributed by atoms with van der Waals surface area (Å²) in [4.78, 5) is 7.12.